The maximum atomic E-state index is 12.0. The Morgan fingerprint density at radius 3 is 2.93 bits per heavy atom. The summed E-state index contributed by atoms with van der Waals surface area (Å²) in [6, 6.07) is 3.30. The predicted molar refractivity (Wildman–Crippen MR) is 59.3 cm³/mol. The van der Waals surface area contributed by atoms with Crippen LogP contribution in [0.3, 0.4) is 0 Å². The van der Waals surface area contributed by atoms with Crippen molar-refractivity contribution in [1.82, 2.24) is 15.5 Å². The van der Waals surface area contributed by atoms with Crippen molar-refractivity contribution in [3.8, 4) is 0 Å². The fourth-order valence-corrected chi connectivity index (χ4v) is 3.00. The van der Waals surface area contributed by atoms with Crippen LogP contribution in [0.4, 0.5) is 0 Å². The average molecular weight is 246 g/mol. The lowest BCUT2D eigenvalue weighted by atomic mass is 10.2. The molecule has 1 aliphatic rings. The molecule has 2 rings (SSSR count). The van der Waals surface area contributed by atoms with Gasteiger partial charge in [-0.3, -0.25) is 4.21 Å². The second-order valence-electron chi connectivity index (χ2n) is 3.46. The third-order valence-corrected chi connectivity index (χ3v) is 4.21. The van der Waals surface area contributed by atoms with Gasteiger partial charge in [-0.05, 0) is 31.5 Å². The van der Waals surface area contributed by atoms with Crippen molar-refractivity contribution < 1.29 is 4.21 Å². The minimum Gasteiger partial charge on any atom is -0.316 e. The molecule has 2 atom stereocenters. The highest BCUT2D eigenvalue weighted by molar-refractivity contribution is 7.85. The molecule has 1 aromatic rings. The van der Waals surface area contributed by atoms with E-state index in [1.54, 1.807) is 12.1 Å². The normalized spacial score (nSPS) is 23.7. The highest BCUT2D eigenvalue weighted by atomic mass is 35.5. The van der Waals surface area contributed by atoms with E-state index in [1.165, 1.54) is 0 Å². The van der Waals surface area contributed by atoms with Gasteiger partial charge in [-0.15, -0.1) is 10.2 Å². The van der Waals surface area contributed by atoms with Gasteiger partial charge in [0.1, 0.15) is 5.03 Å². The summed E-state index contributed by atoms with van der Waals surface area (Å²) in [5.41, 5.74) is 0. The minimum atomic E-state index is -1.07. The molecular formula is C9H12ClN3OS. The standard InChI is InChI=1S/C9H12ClN3OS/c10-8-3-4-9(13-12-8)15(14)7-2-1-5-11-6-7/h3-4,7,11H,1-2,5-6H2/t7-,15-/m0/s1. The molecule has 15 heavy (non-hydrogen) atoms. The first-order valence-electron chi connectivity index (χ1n) is 4.88. The molecule has 0 bridgehead atoms. The Bertz CT molecular complexity index is 351. The molecule has 0 radical (unpaired) electrons. The summed E-state index contributed by atoms with van der Waals surface area (Å²) in [5, 5.41) is 11.8. The van der Waals surface area contributed by atoms with Gasteiger partial charge in [-0.2, -0.15) is 0 Å². The Labute approximate surface area is 95.9 Å². The number of aromatic nitrogens is 2. The first-order valence-corrected chi connectivity index (χ1v) is 6.47. The number of hydrogen-bond acceptors (Lipinski definition) is 4. The molecule has 82 valence electrons. The summed E-state index contributed by atoms with van der Waals surface area (Å²) < 4.78 is 12.0. The van der Waals surface area contributed by atoms with Gasteiger partial charge in [0.15, 0.2) is 5.15 Å². The van der Waals surface area contributed by atoms with Crippen LogP contribution in [0, 0.1) is 0 Å². The third kappa shape index (κ3) is 2.74. The molecule has 0 amide bonds. The topological polar surface area (TPSA) is 54.9 Å². The van der Waals surface area contributed by atoms with Gasteiger partial charge in [0, 0.05) is 6.54 Å². The van der Waals surface area contributed by atoms with E-state index in [4.69, 9.17) is 11.6 Å². The molecule has 0 unspecified atom stereocenters. The van der Waals surface area contributed by atoms with Crippen molar-refractivity contribution in [3.63, 3.8) is 0 Å². The van der Waals surface area contributed by atoms with Crippen LogP contribution in [0.15, 0.2) is 17.2 Å². The summed E-state index contributed by atoms with van der Waals surface area (Å²) in [6.45, 7) is 1.80. The fourth-order valence-electron chi connectivity index (χ4n) is 1.58. The number of halogens is 1. The lowest BCUT2D eigenvalue weighted by Crippen LogP contribution is -2.36. The Morgan fingerprint density at radius 2 is 2.33 bits per heavy atom. The summed E-state index contributed by atoms with van der Waals surface area (Å²) in [5.74, 6) is 0. The van der Waals surface area contributed by atoms with Crippen molar-refractivity contribution in [2.24, 2.45) is 0 Å². The van der Waals surface area contributed by atoms with E-state index in [9.17, 15) is 4.21 Å². The van der Waals surface area contributed by atoms with Crippen LogP contribution in [0.5, 0.6) is 0 Å². The van der Waals surface area contributed by atoms with Crippen LogP contribution < -0.4 is 5.32 Å². The van der Waals surface area contributed by atoms with Crippen molar-refractivity contribution in [1.29, 1.82) is 0 Å². The molecule has 0 aromatic carbocycles. The number of hydrogen-bond donors (Lipinski definition) is 1. The monoisotopic (exact) mass is 245 g/mol. The maximum Gasteiger partial charge on any atom is 0.151 e. The van der Waals surface area contributed by atoms with Crippen LogP contribution in [0.25, 0.3) is 0 Å². The summed E-state index contributed by atoms with van der Waals surface area (Å²) in [4.78, 5) is 0. The molecular weight excluding hydrogens is 234 g/mol. The van der Waals surface area contributed by atoms with Gasteiger partial charge in [0.25, 0.3) is 0 Å². The van der Waals surface area contributed by atoms with E-state index in [2.05, 4.69) is 15.5 Å². The second kappa shape index (κ2) is 5.01. The zero-order valence-electron chi connectivity index (χ0n) is 8.15. The van der Waals surface area contributed by atoms with Gasteiger partial charge in [0.2, 0.25) is 0 Å². The zero-order valence-corrected chi connectivity index (χ0v) is 9.72. The Morgan fingerprint density at radius 1 is 1.47 bits per heavy atom. The van der Waals surface area contributed by atoms with Crippen LogP contribution in [-0.4, -0.2) is 32.7 Å². The van der Waals surface area contributed by atoms with Crippen molar-refractivity contribution in [2.45, 2.75) is 23.1 Å². The average Bonchev–Trinajstić information content (AvgIpc) is 2.30. The number of nitrogens with one attached hydrogen (secondary N) is 1. The van der Waals surface area contributed by atoms with Crippen molar-refractivity contribution >= 4 is 22.4 Å². The van der Waals surface area contributed by atoms with E-state index >= 15 is 0 Å². The summed E-state index contributed by atoms with van der Waals surface area (Å²) in [6.07, 6.45) is 2.04. The van der Waals surface area contributed by atoms with Crippen molar-refractivity contribution in [2.75, 3.05) is 13.1 Å². The number of rotatable bonds is 2. The molecule has 2 heterocycles. The van der Waals surface area contributed by atoms with E-state index in [0.29, 0.717) is 10.2 Å². The molecule has 1 saturated heterocycles. The van der Waals surface area contributed by atoms with Gasteiger partial charge >= 0.3 is 0 Å². The molecule has 1 N–H and O–H groups in total. The van der Waals surface area contributed by atoms with Crippen LogP contribution in [-0.2, 0) is 10.8 Å². The Balaban J connectivity index is 2.09. The van der Waals surface area contributed by atoms with Crippen LogP contribution in [0.2, 0.25) is 5.15 Å². The quantitative estimate of drug-likeness (QED) is 0.844. The SMILES string of the molecule is O=[S@](c1ccc(Cl)nn1)[C@H]1CCCNC1. The minimum absolute atomic E-state index is 0.147. The smallest absolute Gasteiger partial charge is 0.151 e. The maximum absolute atomic E-state index is 12.0. The lowest BCUT2D eigenvalue weighted by molar-refractivity contribution is 0.518. The van der Waals surface area contributed by atoms with Crippen molar-refractivity contribution in [3.05, 3.63) is 17.3 Å². The van der Waals surface area contributed by atoms with E-state index in [0.717, 1.165) is 25.9 Å². The van der Waals surface area contributed by atoms with Gasteiger partial charge in [0.05, 0.1) is 16.0 Å². The first kappa shape index (κ1) is 11.0. The van der Waals surface area contributed by atoms with E-state index < -0.39 is 10.8 Å². The number of piperidine rings is 1. The fraction of sp³-hybridized carbons (Fsp3) is 0.556. The number of nitrogens with zero attached hydrogens (tertiary/aromatic N) is 2. The Kier molecular flexibility index (Phi) is 3.66. The molecule has 4 nitrogen and oxygen atoms in total. The Hall–Kier alpha value is -0.520. The summed E-state index contributed by atoms with van der Waals surface area (Å²) in [7, 11) is -1.07. The molecule has 0 saturated carbocycles. The molecule has 6 heteroatoms. The van der Waals surface area contributed by atoms with Gasteiger partial charge in [-0.25, -0.2) is 0 Å². The zero-order chi connectivity index (χ0) is 10.7. The lowest BCUT2D eigenvalue weighted by Gasteiger charge is -2.21. The van der Waals surface area contributed by atoms with Gasteiger partial charge in [-0.1, -0.05) is 11.6 Å². The van der Waals surface area contributed by atoms with Gasteiger partial charge < -0.3 is 5.32 Å². The second-order valence-corrected chi connectivity index (χ2v) is 5.53. The first-order chi connectivity index (χ1) is 7.27. The van der Waals surface area contributed by atoms with Crippen LogP contribution in [0.1, 0.15) is 12.8 Å². The predicted octanol–water partition coefficient (Wildman–Crippen LogP) is 0.990. The molecule has 0 aliphatic carbocycles. The van der Waals surface area contributed by atoms with E-state index in [1.807, 2.05) is 0 Å². The highest BCUT2D eigenvalue weighted by Gasteiger charge is 2.21. The summed E-state index contributed by atoms with van der Waals surface area (Å²) >= 11 is 5.62. The third-order valence-electron chi connectivity index (χ3n) is 2.37. The highest BCUT2D eigenvalue weighted by Crippen LogP contribution is 2.15. The molecule has 1 fully saturated rings. The van der Waals surface area contributed by atoms with E-state index in [-0.39, 0.29) is 5.25 Å². The molecule has 1 aliphatic heterocycles. The largest absolute Gasteiger partial charge is 0.316 e. The molecule has 1 aromatic heterocycles. The van der Waals surface area contributed by atoms with Crippen LogP contribution >= 0.6 is 11.6 Å². The molecule has 0 spiro atoms.